The fourth-order valence-corrected chi connectivity index (χ4v) is 6.29. The highest BCUT2D eigenvalue weighted by atomic mass is 35.5. The van der Waals surface area contributed by atoms with Crippen molar-refractivity contribution >= 4 is 57.2 Å². The number of halogens is 2. The Bertz CT molecular complexity index is 454. The standard InChI is InChI=1S/C12H17Cl2OPS2/c1-3-4-9(2)8-18-16(15,17)10-5-6-11(13)12(14)7-10/h5-7,9H,3-4,8H2,1-2H3,(H,15,17). The molecule has 102 valence electrons. The molecule has 2 unspecified atom stereocenters. The minimum atomic E-state index is -2.56. The molecule has 0 saturated carbocycles. The topological polar surface area (TPSA) is 20.2 Å². The quantitative estimate of drug-likeness (QED) is 0.727. The second kappa shape index (κ2) is 7.52. The molecule has 0 radical (unpaired) electrons. The van der Waals surface area contributed by atoms with Gasteiger partial charge in [0.1, 0.15) is 5.47 Å². The molecular formula is C12H17Cl2OPS2. The van der Waals surface area contributed by atoms with E-state index in [1.165, 1.54) is 11.4 Å². The lowest BCUT2D eigenvalue weighted by Crippen LogP contribution is -2.04. The van der Waals surface area contributed by atoms with Crippen LogP contribution in [-0.4, -0.2) is 10.6 Å². The van der Waals surface area contributed by atoms with Gasteiger partial charge in [0, 0.05) is 11.1 Å². The Morgan fingerprint density at radius 2 is 2.06 bits per heavy atom. The first-order chi connectivity index (χ1) is 8.36. The van der Waals surface area contributed by atoms with Crippen LogP contribution in [0.1, 0.15) is 26.7 Å². The lowest BCUT2D eigenvalue weighted by molar-refractivity contribution is 0.585. The minimum Gasteiger partial charge on any atom is -0.354 e. The summed E-state index contributed by atoms with van der Waals surface area (Å²) in [5.74, 6) is 1.44. The van der Waals surface area contributed by atoms with Crippen LogP contribution in [0.4, 0.5) is 0 Å². The van der Waals surface area contributed by atoms with E-state index in [4.69, 9.17) is 35.0 Å². The van der Waals surface area contributed by atoms with Crippen LogP contribution in [0.3, 0.4) is 0 Å². The molecule has 1 rings (SSSR count). The summed E-state index contributed by atoms with van der Waals surface area (Å²) >= 11 is 18.6. The highest BCUT2D eigenvalue weighted by Gasteiger charge is 2.19. The van der Waals surface area contributed by atoms with Gasteiger partial charge in [-0.25, -0.2) is 0 Å². The van der Waals surface area contributed by atoms with Crippen molar-refractivity contribution in [1.29, 1.82) is 0 Å². The first-order valence-electron chi connectivity index (χ1n) is 5.79. The highest BCUT2D eigenvalue weighted by Crippen LogP contribution is 2.55. The molecule has 0 saturated heterocycles. The van der Waals surface area contributed by atoms with Crippen molar-refractivity contribution in [1.82, 2.24) is 0 Å². The molecule has 0 aromatic heterocycles. The molecule has 0 bridgehead atoms. The van der Waals surface area contributed by atoms with Crippen LogP contribution in [0.25, 0.3) is 0 Å². The van der Waals surface area contributed by atoms with E-state index in [1.807, 2.05) is 0 Å². The zero-order chi connectivity index (χ0) is 13.8. The van der Waals surface area contributed by atoms with Gasteiger partial charge in [0.15, 0.2) is 0 Å². The van der Waals surface area contributed by atoms with Gasteiger partial charge in [-0.2, -0.15) is 0 Å². The van der Waals surface area contributed by atoms with Crippen LogP contribution in [0, 0.1) is 5.92 Å². The molecule has 2 atom stereocenters. The predicted molar refractivity (Wildman–Crippen MR) is 89.1 cm³/mol. The number of hydrogen-bond donors (Lipinski definition) is 1. The molecule has 0 amide bonds. The molecule has 6 heteroatoms. The average molecular weight is 343 g/mol. The van der Waals surface area contributed by atoms with Crippen LogP contribution in [0.15, 0.2) is 18.2 Å². The molecule has 0 aliphatic carbocycles. The molecular weight excluding hydrogens is 326 g/mol. The van der Waals surface area contributed by atoms with E-state index in [2.05, 4.69) is 13.8 Å². The molecule has 0 heterocycles. The second-order valence-electron chi connectivity index (χ2n) is 4.31. The van der Waals surface area contributed by atoms with Crippen molar-refractivity contribution in [3.63, 3.8) is 0 Å². The fourth-order valence-electron chi connectivity index (χ4n) is 1.54. The third-order valence-corrected chi connectivity index (χ3v) is 8.99. The Morgan fingerprint density at radius 3 is 2.61 bits per heavy atom. The van der Waals surface area contributed by atoms with E-state index in [0.717, 1.165) is 23.9 Å². The molecule has 1 aromatic carbocycles. The average Bonchev–Trinajstić information content (AvgIpc) is 2.30. The third-order valence-electron chi connectivity index (χ3n) is 2.54. The number of benzene rings is 1. The largest absolute Gasteiger partial charge is 0.354 e. The van der Waals surface area contributed by atoms with E-state index in [0.29, 0.717) is 16.0 Å². The van der Waals surface area contributed by atoms with E-state index >= 15 is 0 Å². The summed E-state index contributed by atoms with van der Waals surface area (Å²) in [4.78, 5) is 10.4. The molecule has 1 aromatic rings. The summed E-state index contributed by atoms with van der Waals surface area (Å²) in [5.41, 5.74) is -2.56. The molecule has 0 spiro atoms. The van der Waals surface area contributed by atoms with E-state index in [1.54, 1.807) is 18.2 Å². The first kappa shape index (κ1) is 16.8. The van der Waals surface area contributed by atoms with E-state index < -0.39 is 5.47 Å². The molecule has 0 aliphatic rings. The first-order valence-corrected chi connectivity index (χ1v) is 10.9. The third kappa shape index (κ3) is 5.03. The van der Waals surface area contributed by atoms with Gasteiger partial charge < -0.3 is 4.89 Å². The summed E-state index contributed by atoms with van der Waals surface area (Å²) in [6.45, 7) is 4.34. The molecule has 0 aliphatic heterocycles. The van der Waals surface area contributed by atoms with Crippen molar-refractivity contribution in [2.24, 2.45) is 5.92 Å². The summed E-state index contributed by atoms with van der Waals surface area (Å²) in [6, 6.07) is 5.14. The number of rotatable bonds is 6. The van der Waals surface area contributed by atoms with Gasteiger partial charge in [0.25, 0.3) is 0 Å². The Labute approximate surface area is 128 Å². The van der Waals surface area contributed by atoms with Crippen LogP contribution in [0.5, 0.6) is 0 Å². The Balaban J connectivity index is 2.73. The maximum atomic E-state index is 10.4. The molecule has 18 heavy (non-hydrogen) atoms. The van der Waals surface area contributed by atoms with Gasteiger partial charge in [-0.05, 0) is 24.1 Å². The van der Waals surface area contributed by atoms with Gasteiger partial charge in [0.05, 0.1) is 10.0 Å². The normalized spacial score (nSPS) is 16.3. The van der Waals surface area contributed by atoms with Gasteiger partial charge in [-0.3, -0.25) is 0 Å². The van der Waals surface area contributed by atoms with Crippen molar-refractivity contribution in [2.45, 2.75) is 26.7 Å². The second-order valence-corrected chi connectivity index (χ2v) is 11.9. The molecule has 1 N–H and O–H groups in total. The molecule has 0 fully saturated rings. The monoisotopic (exact) mass is 342 g/mol. The van der Waals surface area contributed by atoms with Crippen LogP contribution in [0.2, 0.25) is 10.0 Å². The predicted octanol–water partition coefficient (Wildman–Crippen LogP) is 5.09. The Hall–Kier alpha value is 0.760. The summed E-state index contributed by atoms with van der Waals surface area (Å²) in [5, 5.41) is 1.65. The van der Waals surface area contributed by atoms with E-state index in [9.17, 15) is 4.89 Å². The summed E-state index contributed by atoms with van der Waals surface area (Å²) in [7, 11) is 0. The van der Waals surface area contributed by atoms with Crippen LogP contribution >= 0.6 is 40.1 Å². The maximum absolute atomic E-state index is 10.4. The SMILES string of the molecule is CCCC(C)CSP(O)(=S)c1ccc(Cl)c(Cl)c1. The summed E-state index contributed by atoms with van der Waals surface area (Å²) in [6.07, 6.45) is 2.31. The van der Waals surface area contributed by atoms with Crippen molar-refractivity contribution < 1.29 is 4.89 Å². The fraction of sp³-hybridized carbons (Fsp3) is 0.500. The van der Waals surface area contributed by atoms with Gasteiger partial charge >= 0.3 is 0 Å². The van der Waals surface area contributed by atoms with Crippen molar-refractivity contribution in [3.05, 3.63) is 28.2 Å². The van der Waals surface area contributed by atoms with Crippen LogP contribution < -0.4 is 5.30 Å². The smallest absolute Gasteiger partial charge is 0.146 e. The van der Waals surface area contributed by atoms with Crippen LogP contribution in [-0.2, 0) is 11.8 Å². The highest BCUT2D eigenvalue weighted by molar-refractivity contribution is 8.71. The molecule has 1 nitrogen and oxygen atoms in total. The maximum Gasteiger partial charge on any atom is 0.146 e. The lowest BCUT2D eigenvalue weighted by atomic mass is 10.1. The Kier molecular flexibility index (Phi) is 7.02. The summed E-state index contributed by atoms with van der Waals surface area (Å²) < 4.78 is 0. The zero-order valence-corrected chi connectivity index (χ0v) is 14.4. The van der Waals surface area contributed by atoms with E-state index in [-0.39, 0.29) is 0 Å². The van der Waals surface area contributed by atoms with Gasteiger partial charge in [-0.1, -0.05) is 73.1 Å². The van der Waals surface area contributed by atoms with Gasteiger partial charge in [-0.15, -0.1) is 0 Å². The lowest BCUT2D eigenvalue weighted by Gasteiger charge is -2.18. The van der Waals surface area contributed by atoms with Crippen molar-refractivity contribution in [2.75, 3.05) is 5.75 Å². The van der Waals surface area contributed by atoms with Gasteiger partial charge in [0.2, 0.25) is 0 Å². The number of hydrogen-bond acceptors (Lipinski definition) is 2. The zero-order valence-electron chi connectivity index (χ0n) is 10.4. The Morgan fingerprint density at radius 1 is 1.39 bits per heavy atom. The van der Waals surface area contributed by atoms with Crippen molar-refractivity contribution in [3.8, 4) is 0 Å². The minimum absolute atomic E-state index is 0.444.